The number of amides is 1. The molecule has 1 aliphatic heterocycles. The molecule has 0 bridgehead atoms. The zero-order chi connectivity index (χ0) is 8.55. The smallest absolute Gasteiger partial charge is 0.269 e. The maximum absolute atomic E-state index is 11.2. The molecule has 1 aromatic rings. The van der Waals surface area contributed by atoms with Crippen LogP contribution in [-0.2, 0) is 0 Å². The van der Waals surface area contributed by atoms with Crippen molar-refractivity contribution in [1.82, 2.24) is 10.0 Å². The van der Waals surface area contributed by atoms with E-state index < -0.39 is 0 Å². The van der Waals surface area contributed by atoms with Crippen molar-refractivity contribution in [3.05, 3.63) is 29.8 Å². The van der Waals surface area contributed by atoms with Crippen molar-refractivity contribution in [2.75, 3.05) is 0 Å². The lowest BCUT2D eigenvalue weighted by Gasteiger charge is -2.21. The molecule has 2 N–H and O–H groups in total. The van der Waals surface area contributed by atoms with E-state index in [0.29, 0.717) is 10.1 Å². The van der Waals surface area contributed by atoms with E-state index in [2.05, 4.69) is 5.43 Å². The van der Waals surface area contributed by atoms with Crippen LogP contribution in [0.1, 0.15) is 10.4 Å². The van der Waals surface area contributed by atoms with Gasteiger partial charge in [0, 0.05) is 16.8 Å². The monoisotopic (exact) mass is 182 g/mol. The van der Waals surface area contributed by atoms with Crippen LogP contribution in [-0.4, -0.2) is 15.7 Å². The number of hydrogen-bond acceptors (Lipinski definition) is 4. The number of carbonyl (C=O) groups excluding carboxylic acids is 1. The lowest BCUT2D eigenvalue weighted by molar-refractivity contribution is -0.0267. The zero-order valence-corrected chi connectivity index (χ0v) is 6.84. The van der Waals surface area contributed by atoms with E-state index in [1.807, 2.05) is 6.07 Å². The van der Waals surface area contributed by atoms with Gasteiger partial charge in [0.15, 0.2) is 0 Å². The SMILES string of the molecule is O=C1NN(O)Sc2ccccc21. The minimum Gasteiger partial charge on any atom is -0.285 e. The molecule has 5 heteroatoms. The Hall–Kier alpha value is -1.04. The molecular weight excluding hydrogens is 176 g/mol. The maximum atomic E-state index is 11.2. The van der Waals surface area contributed by atoms with Crippen LogP contribution in [0.5, 0.6) is 0 Å². The van der Waals surface area contributed by atoms with Crippen molar-refractivity contribution in [3.63, 3.8) is 0 Å². The van der Waals surface area contributed by atoms with E-state index in [-0.39, 0.29) is 5.91 Å². The molecule has 0 aromatic heterocycles. The Morgan fingerprint density at radius 3 is 3.00 bits per heavy atom. The summed E-state index contributed by atoms with van der Waals surface area (Å²) in [5.41, 5.74) is 2.84. The van der Waals surface area contributed by atoms with Crippen molar-refractivity contribution >= 4 is 17.9 Å². The molecule has 0 unspecified atom stereocenters. The van der Waals surface area contributed by atoms with Crippen molar-refractivity contribution in [2.45, 2.75) is 4.90 Å². The first kappa shape index (κ1) is 7.60. The third-order valence-corrected chi connectivity index (χ3v) is 2.33. The van der Waals surface area contributed by atoms with Crippen molar-refractivity contribution in [3.8, 4) is 0 Å². The lowest BCUT2D eigenvalue weighted by Crippen LogP contribution is -2.38. The second kappa shape index (κ2) is 2.78. The molecule has 4 nitrogen and oxygen atoms in total. The fraction of sp³-hybridized carbons (Fsp3) is 0. The highest BCUT2D eigenvalue weighted by Gasteiger charge is 2.21. The number of hydrazine groups is 1. The van der Waals surface area contributed by atoms with Gasteiger partial charge in [0.2, 0.25) is 0 Å². The summed E-state index contributed by atoms with van der Waals surface area (Å²) in [6.07, 6.45) is 0. The molecule has 1 aliphatic rings. The largest absolute Gasteiger partial charge is 0.285 e. The minimum absolute atomic E-state index is 0.285. The van der Waals surface area contributed by atoms with E-state index >= 15 is 0 Å². The third-order valence-electron chi connectivity index (χ3n) is 1.51. The Balaban J connectivity index is 2.47. The molecule has 0 atom stereocenters. The third kappa shape index (κ3) is 1.18. The Morgan fingerprint density at radius 2 is 2.17 bits per heavy atom. The molecule has 2 rings (SSSR count). The van der Waals surface area contributed by atoms with Crippen LogP contribution in [0.2, 0.25) is 0 Å². The highest BCUT2D eigenvalue weighted by Crippen LogP contribution is 2.27. The average molecular weight is 182 g/mol. The summed E-state index contributed by atoms with van der Waals surface area (Å²) < 4.78 is 0.699. The van der Waals surface area contributed by atoms with Gasteiger partial charge in [-0.05, 0) is 16.7 Å². The minimum atomic E-state index is -0.285. The molecule has 0 fully saturated rings. The molecule has 1 heterocycles. The van der Waals surface area contributed by atoms with Gasteiger partial charge in [-0.2, -0.15) is 0 Å². The fourth-order valence-corrected chi connectivity index (χ4v) is 1.71. The van der Waals surface area contributed by atoms with Gasteiger partial charge in [0.1, 0.15) is 0 Å². The quantitative estimate of drug-likeness (QED) is 0.589. The van der Waals surface area contributed by atoms with E-state index in [1.165, 1.54) is 0 Å². The summed E-state index contributed by atoms with van der Waals surface area (Å²) in [5, 5.41) is 8.99. The second-order valence-corrected chi connectivity index (χ2v) is 3.27. The number of hydrogen-bond donors (Lipinski definition) is 2. The van der Waals surface area contributed by atoms with Crippen LogP contribution in [0, 0.1) is 0 Å². The topological polar surface area (TPSA) is 52.6 Å². The molecule has 12 heavy (non-hydrogen) atoms. The highest BCUT2D eigenvalue weighted by atomic mass is 32.2. The normalized spacial score (nSPS) is 16.9. The number of nitrogens with zero attached hydrogens (tertiary/aromatic N) is 1. The highest BCUT2D eigenvalue weighted by molar-refractivity contribution is 7.97. The Bertz CT molecular complexity index is 329. The van der Waals surface area contributed by atoms with Gasteiger partial charge in [-0.1, -0.05) is 12.1 Å². The van der Waals surface area contributed by atoms with Crippen molar-refractivity contribution in [2.24, 2.45) is 0 Å². The van der Waals surface area contributed by atoms with Crippen LogP contribution in [0.15, 0.2) is 29.2 Å². The summed E-state index contributed by atoms with van der Waals surface area (Å²) in [6.45, 7) is 0. The molecule has 0 radical (unpaired) electrons. The van der Waals surface area contributed by atoms with E-state index in [4.69, 9.17) is 5.21 Å². The van der Waals surface area contributed by atoms with Crippen molar-refractivity contribution < 1.29 is 10.0 Å². The predicted molar refractivity (Wildman–Crippen MR) is 43.4 cm³/mol. The van der Waals surface area contributed by atoms with Gasteiger partial charge in [-0.3, -0.25) is 15.4 Å². The van der Waals surface area contributed by atoms with Gasteiger partial charge in [0.05, 0.1) is 5.56 Å². The predicted octanol–water partition coefficient (Wildman–Crippen LogP) is 1.04. The Morgan fingerprint density at radius 1 is 1.42 bits per heavy atom. The Labute approximate surface area is 73.2 Å². The van der Waals surface area contributed by atoms with Gasteiger partial charge in [0.25, 0.3) is 5.91 Å². The first-order valence-corrected chi connectivity index (χ1v) is 4.12. The van der Waals surface area contributed by atoms with Gasteiger partial charge < -0.3 is 0 Å². The Kier molecular flexibility index (Phi) is 1.76. The van der Waals surface area contributed by atoms with E-state index in [1.54, 1.807) is 18.2 Å². The summed E-state index contributed by atoms with van der Waals surface area (Å²) in [7, 11) is 0. The molecule has 1 aromatic carbocycles. The molecule has 0 aliphatic carbocycles. The number of rotatable bonds is 0. The number of carbonyl (C=O) groups is 1. The number of nitrogens with one attached hydrogen (secondary N) is 1. The van der Waals surface area contributed by atoms with Crippen LogP contribution in [0.3, 0.4) is 0 Å². The van der Waals surface area contributed by atoms with Crippen molar-refractivity contribution in [1.29, 1.82) is 0 Å². The van der Waals surface area contributed by atoms with Crippen LogP contribution in [0.4, 0.5) is 0 Å². The molecule has 0 spiro atoms. The summed E-state index contributed by atoms with van der Waals surface area (Å²) >= 11 is 1.07. The summed E-state index contributed by atoms with van der Waals surface area (Å²) in [5.74, 6) is -0.285. The van der Waals surface area contributed by atoms with Crippen LogP contribution >= 0.6 is 11.9 Å². The fourth-order valence-electron chi connectivity index (χ4n) is 0.997. The maximum Gasteiger partial charge on any atom is 0.269 e. The molecule has 1 amide bonds. The summed E-state index contributed by atoms with van der Waals surface area (Å²) in [6, 6.07) is 7.09. The molecule has 0 saturated heterocycles. The van der Waals surface area contributed by atoms with Gasteiger partial charge in [-0.15, -0.1) is 0 Å². The molecule has 0 saturated carbocycles. The molecule has 62 valence electrons. The molecular formula is C7H6N2O2S. The zero-order valence-electron chi connectivity index (χ0n) is 6.02. The second-order valence-electron chi connectivity index (χ2n) is 2.30. The summed E-state index contributed by atoms with van der Waals surface area (Å²) in [4.78, 5) is 11.9. The lowest BCUT2D eigenvalue weighted by atomic mass is 10.2. The first-order valence-electron chi connectivity index (χ1n) is 3.34. The first-order chi connectivity index (χ1) is 5.77. The standard InChI is InChI=1S/C7H6N2O2S/c10-7-5-3-1-2-4-6(5)12-9(11)8-7/h1-4,11H,(H,8,10). The van der Waals surface area contributed by atoms with Crippen LogP contribution in [0.25, 0.3) is 0 Å². The average Bonchev–Trinajstić information content (AvgIpc) is 2.04. The van der Waals surface area contributed by atoms with E-state index in [9.17, 15) is 4.79 Å². The number of fused-ring (bicyclic) bond motifs is 1. The van der Waals surface area contributed by atoms with Gasteiger partial charge >= 0.3 is 0 Å². The number of benzene rings is 1. The van der Waals surface area contributed by atoms with Gasteiger partial charge in [-0.25, -0.2) is 0 Å². The van der Waals surface area contributed by atoms with E-state index in [0.717, 1.165) is 16.8 Å². The van der Waals surface area contributed by atoms with Crippen LogP contribution < -0.4 is 5.43 Å².